The highest BCUT2D eigenvalue weighted by Crippen LogP contribution is 2.38. The molecule has 0 heterocycles. The molecule has 0 saturated carbocycles. The summed E-state index contributed by atoms with van der Waals surface area (Å²) in [5, 5.41) is 0. The third kappa shape index (κ3) is 2.42. The third-order valence-corrected chi connectivity index (χ3v) is 2.27. The minimum Gasteiger partial charge on any atom is -0.495 e. The maximum atomic E-state index is 5.64. The van der Waals surface area contributed by atoms with E-state index < -0.39 is 0 Å². The fourth-order valence-electron chi connectivity index (χ4n) is 0.918. The summed E-state index contributed by atoms with van der Waals surface area (Å²) in [6, 6.07) is 3.52. The second-order valence-electron chi connectivity index (χ2n) is 2.20. The molecule has 13 heavy (non-hydrogen) atoms. The first-order valence-electron chi connectivity index (χ1n) is 3.36. The Bertz CT molecular complexity index is 294. The first-order valence-corrected chi connectivity index (χ1v) is 4.16. The highest BCUT2D eigenvalue weighted by molar-refractivity contribution is 9.10. The standard InChI is InChI=1S/C8H10BrNO2.ClH/c1-11-6-4-3-5(10)8(12-2)7(6)9;/h3-4H,10H2,1-2H3;1H. The number of hydrogen-bond acceptors (Lipinski definition) is 3. The Morgan fingerprint density at radius 2 is 1.85 bits per heavy atom. The molecule has 74 valence electrons. The van der Waals surface area contributed by atoms with Crippen LogP contribution in [-0.2, 0) is 0 Å². The van der Waals surface area contributed by atoms with Crippen molar-refractivity contribution in [1.29, 1.82) is 0 Å². The van der Waals surface area contributed by atoms with E-state index >= 15 is 0 Å². The predicted octanol–water partition coefficient (Wildman–Crippen LogP) is 2.47. The Balaban J connectivity index is 0.00000144. The van der Waals surface area contributed by atoms with E-state index in [1.165, 1.54) is 0 Å². The Labute approximate surface area is 91.7 Å². The molecule has 0 bridgehead atoms. The van der Waals surface area contributed by atoms with Gasteiger partial charge in [-0.1, -0.05) is 0 Å². The molecule has 5 heteroatoms. The Hall–Kier alpha value is -0.610. The van der Waals surface area contributed by atoms with E-state index in [9.17, 15) is 0 Å². The minimum atomic E-state index is 0. The smallest absolute Gasteiger partial charge is 0.159 e. The van der Waals surface area contributed by atoms with Crippen LogP contribution < -0.4 is 15.2 Å². The molecular formula is C8H11BrClNO2. The van der Waals surface area contributed by atoms with Crippen molar-refractivity contribution in [3.05, 3.63) is 16.6 Å². The summed E-state index contributed by atoms with van der Waals surface area (Å²) < 4.78 is 10.9. The fraction of sp³-hybridized carbons (Fsp3) is 0.250. The lowest BCUT2D eigenvalue weighted by Gasteiger charge is -2.09. The van der Waals surface area contributed by atoms with Crippen LogP contribution in [0, 0.1) is 0 Å². The van der Waals surface area contributed by atoms with Crippen molar-refractivity contribution in [2.24, 2.45) is 0 Å². The summed E-state index contributed by atoms with van der Waals surface area (Å²) in [5.74, 6) is 1.32. The van der Waals surface area contributed by atoms with Gasteiger partial charge in [-0.25, -0.2) is 0 Å². The molecule has 0 fully saturated rings. The van der Waals surface area contributed by atoms with Crippen LogP contribution in [-0.4, -0.2) is 14.2 Å². The summed E-state index contributed by atoms with van der Waals surface area (Å²) in [4.78, 5) is 0. The van der Waals surface area contributed by atoms with Crippen molar-refractivity contribution >= 4 is 34.0 Å². The highest BCUT2D eigenvalue weighted by Gasteiger charge is 2.09. The fourth-order valence-corrected chi connectivity index (χ4v) is 1.60. The molecule has 0 aliphatic heterocycles. The van der Waals surface area contributed by atoms with Gasteiger partial charge in [0.15, 0.2) is 5.75 Å². The van der Waals surface area contributed by atoms with E-state index in [4.69, 9.17) is 15.2 Å². The summed E-state index contributed by atoms with van der Waals surface area (Å²) in [6.07, 6.45) is 0. The normalized spacial score (nSPS) is 8.85. The number of anilines is 1. The number of ether oxygens (including phenoxy) is 2. The van der Waals surface area contributed by atoms with E-state index in [0.29, 0.717) is 17.2 Å². The van der Waals surface area contributed by atoms with Crippen molar-refractivity contribution < 1.29 is 9.47 Å². The monoisotopic (exact) mass is 267 g/mol. The van der Waals surface area contributed by atoms with Gasteiger partial charge in [0.2, 0.25) is 0 Å². The topological polar surface area (TPSA) is 44.5 Å². The van der Waals surface area contributed by atoms with Crippen LogP contribution in [0.15, 0.2) is 16.6 Å². The van der Waals surface area contributed by atoms with Crippen LogP contribution in [0.3, 0.4) is 0 Å². The molecule has 1 rings (SSSR count). The number of rotatable bonds is 2. The van der Waals surface area contributed by atoms with E-state index in [0.717, 1.165) is 4.47 Å². The number of methoxy groups -OCH3 is 2. The second-order valence-corrected chi connectivity index (χ2v) is 3.00. The first kappa shape index (κ1) is 12.4. The predicted molar refractivity (Wildman–Crippen MR) is 58.9 cm³/mol. The molecule has 0 radical (unpaired) electrons. The van der Waals surface area contributed by atoms with Gasteiger partial charge >= 0.3 is 0 Å². The lowest BCUT2D eigenvalue weighted by Crippen LogP contribution is -1.95. The van der Waals surface area contributed by atoms with Crippen LogP contribution >= 0.6 is 28.3 Å². The molecule has 0 saturated heterocycles. The maximum absolute atomic E-state index is 5.64. The van der Waals surface area contributed by atoms with Gasteiger partial charge in [0, 0.05) is 0 Å². The van der Waals surface area contributed by atoms with Crippen molar-refractivity contribution in [2.75, 3.05) is 20.0 Å². The zero-order valence-corrected chi connectivity index (χ0v) is 9.74. The van der Waals surface area contributed by atoms with Gasteiger partial charge in [0.1, 0.15) is 10.2 Å². The van der Waals surface area contributed by atoms with Crippen molar-refractivity contribution in [3.63, 3.8) is 0 Å². The van der Waals surface area contributed by atoms with Gasteiger partial charge in [-0.15, -0.1) is 12.4 Å². The molecule has 0 aliphatic carbocycles. The largest absolute Gasteiger partial charge is 0.495 e. The Kier molecular flexibility index (Phi) is 4.95. The van der Waals surface area contributed by atoms with Crippen LogP contribution in [0.25, 0.3) is 0 Å². The van der Waals surface area contributed by atoms with E-state index in [-0.39, 0.29) is 12.4 Å². The summed E-state index contributed by atoms with van der Waals surface area (Å²) in [6.45, 7) is 0. The van der Waals surface area contributed by atoms with Crippen LogP contribution in [0.4, 0.5) is 5.69 Å². The van der Waals surface area contributed by atoms with Crippen molar-refractivity contribution in [3.8, 4) is 11.5 Å². The lowest BCUT2D eigenvalue weighted by molar-refractivity contribution is 0.391. The summed E-state index contributed by atoms with van der Waals surface area (Å²) in [7, 11) is 3.16. The van der Waals surface area contributed by atoms with Gasteiger partial charge in [-0.2, -0.15) is 0 Å². The molecule has 3 nitrogen and oxygen atoms in total. The molecule has 0 aromatic heterocycles. The van der Waals surface area contributed by atoms with E-state index in [1.54, 1.807) is 26.4 Å². The molecule has 1 aromatic rings. The number of nitrogens with two attached hydrogens (primary N) is 1. The zero-order valence-electron chi connectivity index (χ0n) is 7.33. The van der Waals surface area contributed by atoms with Crippen LogP contribution in [0.2, 0.25) is 0 Å². The van der Waals surface area contributed by atoms with Crippen molar-refractivity contribution in [1.82, 2.24) is 0 Å². The molecular weight excluding hydrogens is 257 g/mol. The number of hydrogen-bond donors (Lipinski definition) is 1. The van der Waals surface area contributed by atoms with E-state index in [2.05, 4.69) is 15.9 Å². The average molecular weight is 269 g/mol. The second kappa shape index (κ2) is 5.19. The third-order valence-electron chi connectivity index (χ3n) is 1.52. The lowest BCUT2D eigenvalue weighted by atomic mass is 10.3. The van der Waals surface area contributed by atoms with Gasteiger partial charge in [-0.3, -0.25) is 0 Å². The maximum Gasteiger partial charge on any atom is 0.159 e. The quantitative estimate of drug-likeness (QED) is 0.838. The molecule has 0 atom stereocenters. The number of nitrogen functional groups attached to an aromatic ring is 1. The first-order chi connectivity index (χ1) is 5.70. The van der Waals surface area contributed by atoms with Gasteiger partial charge in [-0.05, 0) is 28.1 Å². The SMILES string of the molecule is COc1ccc(N)c(OC)c1Br.Cl. The van der Waals surface area contributed by atoms with Crippen LogP contribution in [0.5, 0.6) is 11.5 Å². The Morgan fingerprint density at radius 1 is 1.23 bits per heavy atom. The van der Waals surface area contributed by atoms with Gasteiger partial charge < -0.3 is 15.2 Å². The molecule has 2 N–H and O–H groups in total. The number of halogens is 2. The zero-order chi connectivity index (χ0) is 9.14. The number of benzene rings is 1. The molecule has 0 aliphatic rings. The summed E-state index contributed by atoms with van der Waals surface area (Å²) >= 11 is 3.32. The van der Waals surface area contributed by atoms with Gasteiger partial charge in [0.25, 0.3) is 0 Å². The molecule has 1 aromatic carbocycles. The Morgan fingerprint density at radius 3 is 2.31 bits per heavy atom. The molecule has 0 amide bonds. The minimum absolute atomic E-state index is 0. The van der Waals surface area contributed by atoms with E-state index in [1.807, 2.05) is 0 Å². The van der Waals surface area contributed by atoms with Gasteiger partial charge in [0.05, 0.1) is 19.9 Å². The summed E-state index contributed by atoms with van der Waals surface area (Å²) in [5.41, 5.74) is 6.23. The molecule has 0 unspecified atom stereocenters. The average Bonchev–Trinajstić information content (AvgIpc) is 2.06. The van der Waals surface area contributed by atoms with Crippen LogP contribution in [0.1, 0.15) is 0 Å². The van der Waals surface area contributed by atoms with Crippen molar-refractivity contribution in [2.45, 2.75) is 0 Å². The molecule has 0 spiro atoms. The highest BCUT2D eigenvalue weighted by atomic mass is 79.9.